The van der Waals surface area contributed by atoms with Crippen LogP contribution in [-0.4, -0.2) is 16.5 Å². The third-order valence-electron chi connectivity index (χ3n) is 3.86. The van der Waals surface area contributed by atoms with E-state index in [9.17, 15) is 0 Å². The highest BCUT2D eigenvalue weighted by molar-refractivity contribution is 5.51. The van der Waals surface area contributed by atoms with Gasteiger partial charge >= 0.3 is 0 Å². The molecule has 2 aromatic rings. The number of nitrogen functional groups attached to an aromatic ring is 1. The molecule has 3 rings (SSSR count). The van der Waals surface area contributed by atoms with Crippen LogP contribution in [0.4, 0.5) is 11.5 Å². The monoisotopic (exact) mass is 268 g/mol. The Labute approximate surface area is 119 Å². The van der Waals surface area contributed by atoms with Crippen LogP contribution in [0.3, 0.4) is 0 Å². The minimum atomic E-state index is 0.812. The van der Waals surface area contributed by atoms with E-state index in [0.29, 0.717) is 0 Å². The van der Waals surface area contributed by atoms with Crippen LogP contribution in [0.1, 0.15) is 30.2 Å². The molecule has 0 saturated carbocycles. The van der Waals surface area contributed by atoms with Gasteiger partial charge in [0, 0.05) is 30.0 Å². The number of nitrogens with two attached hydrogens (primary N) is 1. The van der Waals surface area contributed by atoms with Gasteiger partial charge in [-0.25, -0.2) is 9.97 Å². The minimum Gasteiger partial charge on any atom is -0.399 e. The highest BCUT2D eigenvalue weighted by Crippen LogP contribution is 2.28. The van der Waals surface area contributed by atoms with Crippen molar-refractivity contribution in [1.29, 1.82) is 0 Å². The highest BCUT2D eigenvalue weighted by Gasteiger charge is 2.20. The van der Waals surface area contributed by atoms with E-state index in [2.05, 4.69) is 27.9 Å². The molecular weight excluding hydrogens is 248 g/mol. The fraction of sp³-hybridized carbons (Fsp3) is 0.375. The average Bonchev–Trinajstić information content (AvgIpc) is 2.93. The van der Waals surface area contributed by atoms with Crippen LogP contribution in [0.5, 0.6) is 0 Å². The standard InChI is InChI=1S/C16H20N4/c1-2-20(10-12-5-3-6-13(17)9-12)16-14-7-4-8-15(14)18-11-19-16/h3,5-6,9,11H,2,4,7-8,10,17H2,1H3. The van der Waals surface area contributed by atoms with Crippen LogP contribution < -0.4 is 10.6 Å². The largest absolute Gasteiger partial charge is 0.399 e. The fourth-order valence-corrected chi connectivity index (χ4v) is 2.86. The van der Waals surface area contributed by atoms with Gasteiger partial charge in [0.15, 0.2) is 0 Å². The second kappa shape index (κ2) is 5.49. The molecule has 1 aromatic carbocycles. The SMILES string of the molecule is CCN(Cc1cccc(N)c1)c1ncnc2c1CCC2. The molecule has 2 N–H and O–H groups in total. The number of aromatic nitrogens is 2. The first-order chi connectivity index (χ1) is 9.78. The predicted octanol–water partition coefficient (Wildman–Crippen LogP) is 2.57. The lowest BCUT2D eigenvalue weighted by molar-refractivity contribution is 0.799. The Bertz CT molecular complexity index is 609. The number of hydrogen-bond donors (Lipinski definition) is 1. The molecule has 0 radical (unpaired) electrons. The molecule has 0 atom stereocenters. The fourth-order valence-electron chi connectivity index (χ4n) is 2.86. The summed E-state index contributed by atoms with van der Waals surface area (Å²) in [6.45, 7) is 3.93. The van der Waals surface area contributed by atoms with Gasteiger partial charge in [-0.3, -0.25) is 0 Å². The molecule has 4 heteroatoms. The van der Waals surface area contributed by atoms with Crippen LogP contribution in [0.15, 0.2) is 30.6 Å². The maximum Gasteiger partial charge on any atom is 0.135 e. The Hall–Kier alpha value is -2.10. The van der Waals surface area contributed by atoms with E-state index in [0.717, 1.165) is 37.4 Å². The van der Waals surface area contributed by atoms with Crippen molar-refractivity contribution in [3.05, 3.63) is 47.4 Å². The topological polar surface area (TPSA) is 55.0 Å². The molecule has 1 aliphatic carbocycles. The second-order valence-electron chi connectivity index (χ2n) is 5.24. The first kappa shape index (κ1) is 12.9. The van der Waals surface area contributed by atoms with Gasteiger partial charge in [-0.15, -0.1) is 0 Å². The molecule has 1 aromatic heterocycles. The van der Waals surface area contributed by atoms with Gasteiger partial charge in [0.1, 0.15) is 12.1 Å². The van der Waals surface area contributed by atoms with Crippen molar-refractivity contribution in [1.82, 2.24) is 9.97 Å². The van der Waals surface area contributed by atoms with Crippen LogP contribution in [-0.2, 0) is 19.4 Å². The van der Waals surface area contributed by atoms with Gasteiger partial charge in [-0.2, -0.15) is 0 Å². The smallest absolute Gasteiger partial charge is 0.135 e. The molecule has 0 unspecified atom stereocenters. The van der Waals surface area contributed by atoms with E-state index in [4.69, 9.17) is 5.73 Å². The molecular formula is C16H20N4. The summed E-state index contributed by atoms with van der Waals surface area (Å²) in [7, 11) is 0. The molecule has 4 nitrogen and oxygen atoms in total. The van der Waals surface area contributed by atoms with E-state index in [-0.39, 0.29) is 0 Å². The summed E-state index contributed by atoms with van der Waals surface area (Å²) < 4.78 is 0. The number of benzene rings is 1. The predicted molar refractivity (Wildman–Crippen MR) is 81.6 cm³/mol. The molecule has 1 heterocycles. The van der Waals surface area contributed by atoms with Crippen LogP contribution in [0, 0.1) is 0 Å². The van der Waals surface area contributed by atoms with E-state index in [1.165, 1.54) is 23.2 Å². The Morgan fingerprint density at radius 2 is 2.15 bits per heavy atom. The third-order valence-corrected chi connectivity index (χ3v) is 3.86. The summed E-state index contributed by atoms with van der Waals surface area (Å²) in [6.07, 6.45) is 5.07. The zero-order chi connectivity index (χ0) is 13.9. The lowest BCUT2D eigenvalue weighted by atomic mass is 10.1. The van der Waals surface area contributed by atoms with Gasteiger partial charge in [0.2, 0.25) is 0 Å². The van der Waals surface area contributed by atoms with E-state index in [1.807, 2.05) is 18.2 Å². The molecule has 0 bridgehead atoms. The van der Waals surface area contributed by atoms with Gasteiger partial charge in [0.25, 0.3) is 0 Å². The Morgan fingerprint density at radius 1 is 1.25 bits per heavy atom. The lowest BCUT2D eigenvalue weighted by Gasteiger charge is -2.24. The maximum atomic E-state index is 5.86. The number of aryl methyl sites for hydroxylation is 1. The molecule has 0 saturated heterocycles. The molecule has 0 aliphatic heterocycles. The first-order valence-corrected chi connectivity index (χ1v) is 7.20. The van der Waals surface area contributed by atoms with E-state index in [1.54, 1.807) is 6.33 Å². The first-order valence-electron chi connectivity index (χ1n) is 7.20. The second-order valence-corrected chi connectivity index (χ2v) is 5.24. The van der Waals surface area contributed by atoms with E-state index >= 15 is 0 Å². The van der Waals surface area contributed by atoms with Gasteiger partial charge in [-0.05, 0) is 43.9 Å². The van der Waals surface area contributed by atoms with Crippen molar-refractivity contribution in [2.24, 2.45) is 0 Å². The minimum absolute atomic E-state index is 0.812. The van der Waals surface area contributed by atoms with Crippen molar-refractivity contribution in [2.45, 2.75) is 32.7 Å². The highest BCUT2D eigenvalue weighted by atomic mass is 15.2. The van der Waals surface area contributed by atoms with Gasteiger partial charge in [-0.1, -0.05) is 12.1 Å². The van der Waals surface area contributed by atoms with Crippen molar-refractivity contribution < 1.29 is 0 Å². The normalized spacial score (nSPS) is 13.2. The molecule has 1 aliphatic rings. The van der Waals surface area contributed by atoms with E-state index < -0.39 is 0 Å². The number of anilines is 2. The van der Waals surface area contributed by atoms with Crippen molar-refractivity contribution in [3.63, 3.8) is 0 Å². The average molecular weight is 268 g/mol. The molecule has 104 valence electrons. The zero-order valence-electron chi connectivity index (χ0n) is 11.8. The van der Waals surface area contributed by atoms with Crippen molar-refractivity contribution >= 4 is 11.5 Å². The quantitative estimate of drug-likeness (QED) is 0.866. The lowest BCUT2D eigenvalue weighted by Crippen LogP contribution is -2.24. The van der Waals surface area contributed by atoms with Crippen molar-refractivity contribution in [3.8, 4) is 0 Å². The zero-order valence-corrected chi connectivity index (χ0v) is 11.8. The Balaban J connectivity index is 1.89. The summed E-state index contributed by atoms with van der Waals surface area (Å²) in [5.41, 5.74) is 10.4. The molecule has 0 spiro atoms. The number of nitrogens with zero attached hydrogens (tertiary/aromatic N) is 3. The third kappa shape index (κ3) is 2.46. The number of rotatable bonds is 4. The number of hydrogen-bond acceptors (Lipinski definition) is 4. The van der Waals surface area contributed by atoms with Gasteiger partial charge < -0.3 is 10.6 Å². The summed E-state index contributed by atoms with van der Waals surface area (Å²) in [5.74, 6) is 1.09. The summed E-state index contributed by atoms with van der Waals surface area (Å²) in [4.78, 5) is 11.2. The summed E-state index contributed by atoms with van der Waals surface area (Å²) in [6, 6.07) is 8.07. The summed E-state index contributed by atoms with van der Waals surface area (Å²) in [5, 5.41) is 0. The Morgan fingerprint density at radius 3 is 2.95 bits per heavy atom. The Kier molecular flexibility index (Phi) is 3.54. The molecule has 0 amide bonds. The number of fused-ring (bicyclic) bond motifs is 1. The summed E-state index contributed by atoms with van der Waals surface area (Å²) >= 11 is 0. The van der Waals surface area contributed by atoms with Crippen LogP contribution in [0.25, 0.3) is 0 Å². The maximum absolute atomic E-state index is 5.86. The molecule has 20 heavy (non-hydrogen) atoms. The molecule has 0 fully saturated rings. The van der Waals surface area contributed by atoms with Gasteiger partial charge in [0.05, 0.1) is 0 Å². The van der Waals surface area contributed by atoms with Crippen LogP contribution in [0.2, 0.25) is 0 Å². The van der Waals surface area contributed by atoms with Crippen LogP contribution >= 0.6 is 0 Å². The van der Waals surface area contributed by atoms with Crippen molar-refractivity contribution in [2.75, 3.05) is 17.2 Å².